The summed E-state index contributed by atoms with van der Waals surface area (Å²) in [4.78, 5) is 0. The average molecular weight is 202 g/mol. The van der Waals surface area contributed by atoms with Crippen LogP contribution in [0.25, 0.3) is 0 Å². The van der Waals surface area contributed by atoms with Gasteiger partial charge in [0.1, 0.15) is 0 Å². The van der Waals surface area contributed by atoms with Crippen molar-refractivity contribution in [2.45, 2.75) is 57.3 Å². The number of hydrogen-bond donors (Lipinski definition) is 1. The molecule has 1 aliphatic heterocycles. The van der Waals surface area contributed by atoms with E-state index in [1.165, 1.54) is 12.8 Å². The first-order valence-corrected chi connectivity index (χ1v) is 6.43. The molecule has 0 amide bonds. The average Bonchev–Trinajstić information content (AvgIpc) is 2.32. The Balaban J connectivity index is 2.26. The van der Waals surface area contributed by atoms with E-state index in [2.05, 4.69) is 20.8 Å². The van der Waals surface area contributed by atoms with Crippen LogP contribution in [-0.4, -0.2) is 21.7 Å². The SMILES string of the molecule is CC(C)CCCC1(O)CCSC1C. The zero-order chi connectivity index (χ0) is 9.90. The zero-order valence-electron chi connectivity index (χ0n) is 9.05. The van der Waals surface area contributed by atoms with E-state index >= 15 is 0 Å². The molecule has 1 aliphatic rings. The van der Waals surface area contributed by atoms with Crippen LogP contribution >= 0.6 is 11.8 Å². The summed E-state index contributed by atoms with van der Waals surface area (Å²) in [6.07, 6.45) is 4.43. The Morgan fingerprint density at radius 2 is 2.23 bits per heavy atom. The lowest BCUT2D eigenvalue weighted by atomic mass is 9.89. The molecular formula is C11H22OS. The Hall–Kier alpha value is 0.310. The van der Waals surface area contributed by atoms with Gasteiger partial charge < -0.3 is 5.11 Å². The van der Waals surface area contributed by atoms with Crippen molar-refractivity contribution in [1.29, 1.82) is 0 Å². The highest BCUT2D eigenvalue weighted by atomic mass is 32.2. The number of aliphatic hydroxyl groups is 1. The third kappa shape index (κ3) is 3.17. The molecule has 2 unspecified atom stereocenters. The molecule has 0 aromatic rings. The molecule has 2 heteroatoms. The van der Waals surface area contributed by atoms with Crippen LogP contribution < -0.4 is 0 Å². The maximum atomic E-state index is 10.3. The van der Waals surface area contributed by atoms with E-state index in [1.807, 2.05) is 11.8 Å². The minimum Gasteiger partial charge on any atom is -0.389 e. The Bertz CT molecular complexity index is 158. The van der Waals surface area contributed by atoms with Crippen LogP contribution in [0.15, 0.2) is 0 Å². The van der Waals surface area contributed by atoms with E-state index in [1.54, 1.807) is 0 Å². The van der Waals surface area contributed by atoms with Crippen molar-refractivity contribution in [2.24, 2.45) is 5.92 Å². The first-order chi connectivity index (χ1) is 6.04. The fraction of sp³-hybridized carbons (Fsp3) is 1.00. The summed E-state index contributed by atoms with van der Waals surface area (Å²) in [6, 6.07) is 0. The topological polar surface area (TPSA) is 20.2 Å². The molecule has 1 N–H and O–H groups in total. The third-order valence-electron chi connectivity index (χ3n) is 3.05. The van der Waals surface area contributed by atoms with E-state index in [9.17, 15) is 5.11 Å². The van der Waals surface area contributed by atoms with E-state index in [-0.39, 0.29) is 5.60 Å². The summed E-state index contributed by atoms with van der Waals surface area (Å²) >= 11 is 1.91. The fourth-order valence-electron chi connectivity index (χ4n) is 1.92. The summed E-state index contributed by atoms with van der Waals surface area (Å²) in [5, 5.41) is 10.7. The summed E-state index contributed by atoms with van der Waals surface area (Å²) in [5.74, 6) is 1.91. The lowest BCUT2D eigenvalue weighted by Gasteiger charge is -2.26. The van der Waals surface area contributed by atoms with E-state index < -0.39 is 0 Å². The molecule has 1 fully saturated rings. The van der Waals surface area contributed by atoms with E-state index in [0.717, 1.165) is 24.5 Å². The van der Waals surface area contributed by atoms with Crippen LogP contribution in [0.1, 0.15) is 46.5 Å². The molecule has 1 nitrogen and oxygen atoms in total. The Kier molecular flexibility index (Phi) is 4.11. The van der Waals surface area contributed by atoms with Gasteiger partial charge in [0.2, 0.25) is 0 Å². The molecule has 0 saturated carbocycles. The van der Waals surface area contributed by atoms with Crippen molar-refractivity contribution in [2.75, 3.05) is 5.75 Å². The van der Waals surface area contributed by atoms with Crippen LogP contribution in [0.4, 0.5) is 0 Å². The second kappa shape index (κ2) is 4.70. The molecule has 0 aliphatic carbocycles. The second-order valence-corrected chi connectivity index (χ2v) is 6.10. The van der Waals surface area contributed by atoms with Gasteiger partial charge in [-0.15, -0.1) is 0 Å². The molecule has 2 atom stereocenters. The smallest absolute Gasteiger partial charge is 0.0771 e. The molecule has 1 rings (SSSR count). The lowest BCUT2D eigenvalue weighted by molar-refractivity contribution is 0.0339. The predicted molar refractivity (Wildman–Crippen MR) is 60.2 cm³/mol. The molecular weight excluding hydrogens is 180 g/mol. The van der Waals surface area contributed by atoms with Crippen LogP contribution in [0.2, 0.25) is 0 Å². The quantitative estimate of drug-likeness (QED) is 0.756. The first kappa shape index (κ1) is 11.4. The minimum atomic E-state index is -0.348. The second-order valence-electron chi connectivity index (χ2n) is 4.65. The van der Waals surface area contributed by atoms with Gasteiger partial charge in [-0.2, -0.15) is 11.8 Å². The van der Waals surface area contributed by atoms with Crippen LogP contribution in [0, 0.1) is 5.92 Å². The molecule has 13 heavy (non-hydrogen) atoms. The fourth-order valence-corrected chi connectivity index (χ4v) is 3.29. The highest BCUT2D eigenvalue weighted by Gasteiger charge is 2.37. The molecule has 1 saturated heterocycles. The van der Waals surface area contributed by atoms with Crippen molar-refractivity contribution in [3.8, 4) is 0 Å². The van der Waals surface area contributed by atoms with Crippen molar-refractivity contribution in [3.63, 3.8) is 0 Å². The summed E-state index contributed by atoms with van der Waals surface area (Å²) < 4.78 is 0. The van der Waals surface area contributed by atoms with Gasteiger partial charge in [-0.25, -0.2) is 0 Å². The lowest BCUT2D eigenvalue weighted by Crippen LogP contribution is -2.34. The molecule has 0 bridgehead atoms. The van der Waals surface area contributed by atoms with Gasteiger partial charge in [-0.3, -0.25) is 0 Å². The Labute approximate surface area is 86.3 Å². The van der Waals surface area contributed by atoms with E-state index in [0.29, 0.717) is 5.25 Å². The molecule has 0 spiro atoms. The van der Waals surface area contributed by atoms with E-state index in [4.69, 9.17) is 0 Å². The molecule has 1 heterocycles. The third-order valence-corrected chi connectivity index (χ3v) is 4.43. The maximum absolute atomic E-state index is 10.3. The van der Waals surface area contributed by atoms with Crippen molar-refractivity contribution >= 4 is 11.8 Å². The van der Waals surface area contributed by atoms with Gasteiger partial charge in [-0.05, 0) is 24.5 Å². The Morgan fingerprint density at radius 1 is 1.54 bits per heavy atom. The standard InChI is InChI=1S/C11H22OS/c1-9(2)5-4-6-11(12)7-8-13-10(11)3/h9-10,12H,4-8H2,1-3H3. The van der Waals surface area contributed by atoms with Gasteiger partial charge in [0, 0.05) is 5.25 Å². The van der Waals surface area contributed by atoms with Crippen LogP contribution in [-0.2, 0) is 0 Å². The summed E-state index contributed by atoms with van der Waals surface area (Å²) in [5.41, 5.74) is -0.348. The highest BCUT2D eigenvalue weighted by molar-refractivity contribution is 8.00. The summed E-state index contributed by atoms with van der Waals surface area (Å²) in [7, 11) is 0. The monoisotopic (exact) mass is 202 g/mol. The van der Waals surface area contributed by atoms with Crippen molar-refractivity contribution in [1.82, 2.24) is 0 Å². The zero-order valence-corrected chi connectivity index (χ0v) is 9.86. The number of thioether (sulfide) groups is 1. The molecule has 0 aromatic heterocycles. The number of rotatable bonds is 4. The molecule has 0 radical (unpaired) electrons. The van der Waals surface area contributed by atoms with Gasteiger partial charge in [0.25, 0.3) is 0 Å². The number of hydrogen-bond acceptors (Lipinski definition) is 2. The first-order valence-electron chi connectivity index (χ1n) is 5.38. The molecule has 0 aromatic carbocycles. The van der Waals surface area contributed by atoms with Crippen LogP contribution in [0.3, 0.4) is 0 Å². The van der Waals surface area contributed by atoms with Crippen molar-refractivity contribution in [3.05, 3.63) is 0 Å². The van der Waals surface area contributed by atoms with Crippen molar-refractivity contribution < 1.29 is 5.11 Å². The Morgan fingerprint density at radius 3 is 2.69 bits per heavy atom. The predicted octanol–water partition coefficient (Wildman–Crippen LogP) is 3.07. The van der Waals surface area contributed by atoms with Gasteiger partial charge in [0.05, 0.1) is 5.60 Å². The minimum absolute atomic E-state index is 0.348. The normalized spacial score (nSPS) is 34.4. The van der Waals surface area contributed by atoms with Gasteiger partial charge in [0.15, 0.2) is 0 Å². The van der Waals surface area contributed by atoms with Gasteiger partial charge in [-0.1, -0.05) is 33.6 Å². The maximum Gasteiger partial charge on any atom is 0.0771 e. The highest BCUT2D eigenvalue weighted by Crippen LogP contribution is 2.39. The summed E-state index contributed by atoms with van der Waals surface area (Å²) in [6.45, 7) is 6.65. The molecule has 78 valence electrons. The van der Waals surface area contributed by atoms with Gasteiger partial charge >= 0.3 is 0 Å². The largest absolute Gasteiger partial charge is 0.389 e. The van der Waals surface area contributed by atoms with Crippen LogP contribution in [0.5, 0.6) is 0 Å².